The molecule has 1 aliphatic rings. The van der Waals surface area contributed by atoms with E-state index in [-0.39, 0.29) is 11.7 Å². The number of hydrogen-bond acceptors (Lipinski definition) is 6. The van der Waals surface area contributed by atoms with Crippen molar-refractivity contribution in [3.05, 3.63) is 66.6 Å². The third kappa shape index (κ3) is 4.12. The molecule has 9 heteroatoms. The average Bonchev–Trinajstić information content (AvgIpc) is 3.24. The minimum absolute atomic E-state index is 0.0595. The average molecular weight is 463 g/mol. The van der Waals surface area contributed by atoms with E-state index >= 15 is 0 Å². The van der Waals surface area contributed by atoms with E-state index < -0.39 is 10.8 Å². The van der Waals surface area contributed by atoms with Crippen LogP contribution in [-0.2, 0) is 15.5 Å². The first-order valence-electron chi connectivity index (χ1n) is 10.5. The molecule has 2 aromatic carbocycles. The molecule has 1 N–H and O–H groups in total. The number of amides is 1. The van der Waals surface area contributed by atoms with Gasteiger partial charge in [-0.15, -0.1) is 0 Å². The Labute approximate surface area is 192 Å². The molecular formula is C24H22N4O4S. The summed E-state index contributed by atoms with van der Waals surface area (Å²) in [5, 5.41) is 10.3. The Hall–Kier alpha value is -3.56. The molecule has 0 aliphatic carbocycles. The SMILES string of the molecule is CS(=O)c1cn(-c2ncc(-c3ccc(O)cc3)cn2)c2cc(C(=O)N3CCOCC3)ccc12. The maximum absolute atomic E-state index is 13.0. The molecular weight excluding hydrogens is 440 g/mol. The van der Waals surface area contributed by atoms with Crippen molar-refractivity contribution in [3.8, 4) is 22.8 Å². The molecule has 0 radical (unpaired) electrons. The predicted molar refractivity (Wildman–Crippen MR) is 125 cm³/mol. The van der Waals surface area contributed by atoms with E-state index in [1.54, 1.807) is 70.7 Å². The number of morpholine rings is 1. The summed E-state index contributed by atoms with van der Waals surface area (Å²) in [7, 11) is -1.23. The molecule has 168 valence electrons. The van der Waals surface area contributed by atoms with Crippen molar-refractivity contribution in [2.24, 2.45) is 0 Å². The van der Waals surface area contributed by atoms with Gasteiger partial charge in [0.15, 0.2) is 0 Å². The van der Waals surface area contributed by atoms with Crippen LogP contribution in [0.15, 0.2) is 66.0 Å². The number of hydrogen-bond donors (Lipinski definition) is 1. The van der Waals surface area contributed by atoms with Gasteiger partial charge in [0, 0.05) is 54.4 Å². The first kappa shape index (κ1) is 21.3. The van der Waals surface area contributed by atoms with Crippen molar-refractivity contribution in [3.63, 3.8) is 0 Å². The Morgan fingerprint density at radius 3 is 2.39 bits per heavy atom. The van der Waals surface area contributed by atoms with Gasteiger partial charge >= 0.3 is 0 Å². The van der Waals surface area contributed by atoms with Crippen LogP contribution in [-0.4, -0.2) is 67.2 Å². The lowest BCUT2D eigenvalue weighted by Gasteiger charge is -2.26. The Balaban J connectivity index is 1.55. The molecule has 1 fully saturated rings. The molecule has 1 unspecified atom stereocenters. The van der Waals surface area contributed by atoms with Crippen LogP contribution < -0.4 is 0 Å². The number of aromatic hydroxyl groups is 1. The molecule has 0 saturated carbocycles. The molecule has 3 heterocycles. The van der Waals surface area contributed by atoms with Gasteiger partial charge in [-0.1, -0.05) is 18.2 Å². The van der Waals surface area contributed by atoms with E-state index in [4.69, 9.17) is 4.74 Å². The quantitative estimate of drug-likeness (QED) is 0.501. The van der Waals surface area contributed by atoms with Crippen LogP contribution >= 0.6 is 0 Å². The van der Waals surface area contributed by atoms with Gasteiger partial charge < -0.3 is 14.7 Å². The normalized spacial score (nSPS) is 15.0. The monoisotopic (exact) mass is 462 g/mol. The lowest BCUT2D eigenvalue weighted by molar-refractivity contribution is 0.0303. The lowest BCUT2D eigenvalue weighted by Crippen LogP contribution is -2.40. The zero-order chi connectivity index (χ0) is 22.9. The largest absolute Gasteiger partial charge is 0.508 e. The summed E-state index contributed by atoms with van der Waals surface area (Å²) in [6, 6.07) is 12.2. The fraction of sp³-hybridized carbons (Fsp3) is 0.208. The smallest absolute Gasteiger partial charge is 0.254 e. The van der Waals surface area contributed by atoms with Gasteiger partial charge in [-0.3, -0.25) is 13.6 Å². The predicted octanol–water partition coefficient (Wildman–Crippen LogP) is 3.00. The molecule has 1 amide bonds. The van der Waals surface area contributed by atoms with Crippen LogP contribution in [0.25, 0.3) is 28.0 Å². The first-order valence-corrected chi connectivity index (χ1v) is 12.0. The summed E-state index contributed by atoms with van der Waals surface area (Å²) >= 11 is 0. The van der Waals surface area contributed by atoms with Crippen LogP contribution in [0.5, 0.6) is 5.75 Å². The zero-order valence-corrected chi connectivity index (χ0v) is 18.8. The molecule has 0 bridgehead atoms. The summed E-state index contributed by atoms with van der Waals surface area (Å²) in [6.45, 7) is 2.18. The molecule has 5 rings (SSSR count). The van der Waals surface area contributed by atoms with Gasteiger partial charge in [0.05, 0.1) is 34.4 Å². The van der Waals surface area contributed by atoms with E-state index in [0.29, 0.717) is 42.7 Å². The maximum atomic E-state index is 13.0. The van der Waals surface area contributed by atoms with Crippen LogP contribution in [0, 0.1) is 0 Å². The molecule has 1 aliphatic heterocycles. The molecule has 0 spiro atoms. The third-order valence-electron chi connectivity index (χ3n) is 5.68. The molecule has 2 aromatic heterocycles. The number of phenols is 1. The van der Waals surface area contributed by atoms with Gasteiger partial charge in [-0.25, -0.2) is 9.97 Å². The van der Waals surface area contributed by atoms with Gasteiger partial charge in [0.1, 0.15) is 5.75 Å². The molecule has 1 atom stereocenters. The summed E-state index contributed by atoms with van der Waals surface area (Å²) in [4.78, 5) is 24.5. The van der Waals surface area contributed by atoms with Crippen molar-refractivity contribution in [2.45, 2.75) is 4.90 Å². The zero-order valence-electron chi connectivity index (χ0n) is 18.0. The topological polar surface area (TPSA) is 97.6 Å². The molecule has 1 saturated heterocycles. The Kier molecular flexibility index (Phi) is 5.65. The Morgan fingerprint density at radius 1 is 1.03 bits per heavy atom. The highest BCUT2D eigenvalue weighted by molar-refractivity contribution is 7.84. The van der Waals surface area contributed by atoms with Crippen LogP contribution in [0.4, 0.5) is 0 Å². The summed E-state index contributed by atoms with van der Waals surface area (Å²) in [5.74, 6) is 0.545. The minimum Gasteiger partial charge on any atom is -0.508 e. The van der Waals surface area contributed by atoms with Crippen LogP contribution in [0.3, 0.4) is 0 Å². The molecule has 33 heavy (non-hydrogen) atoms. The van der Waals surface area contributed by atoms with Gasteiger partial charge in [-0.05, 0) is 29.8 Å². The van der Waals surface area contributed by atoms with Crippen molar-refractivity contribution < 1.29 is 18.8 Å². The molecule has 4 aromatic rings. The summed E-state index contributed by atoms with van der Waals surface area (Å²) in [6.07, 6.45) is 6.79. The number of ether oxygens (including phenoxy) is 1. The van der Waals surface area contributed by atoms with Crippen LogP contribution in [0.2, 0.25) is 0 Å². The number of carbonyl (C=O) groups is 1. The number of phenolic OH excluding ortho intramolecular Hbond substituents is 1. The number of aromatic nitrogens is 3. The Morgan fingerprint density at radius 2 is 1.73 bits per heavy atom. The lowest BCUT2D eigenvalue weighted by atomic mass is 10.1. The second kappa shape index (κ2) is 8.76. The number of nitrogens with zero attached hydrogens (tertiary/aromatic N) is 4. The van der Waals surface area contributed by atoms with Crippen molar-refractivity contribution in [1.29, 1.82) is 0 Å². The van der Waals surface area contributed by atoms with Gasteiger partial charge in [0.25, 0.3) is 5.91 Å². The maximum Gasteiger partial charge on any atom is 0.254 e. The van der Waals surface area contributed by atoms with Crippen molar-refractivity contribution in [2.75, 3.05) is 32.6 Å². The van der Waals surface area contributed by atoms with Crippen LogP contribution in [0.1, 0.15) is 10.4 Å². The highest BCUT2D eigenvalue weighted by atomic mass is 32.2. The van der Waals surface area contributed by atoms with E-state index in [1.165, 1.54) is 0 Å². The van der Waals surface area contributed by atoms with Gasteiger partial charge in [-0.2, -0.15) is 0 Å². The second-order valence-electron chi connectivity index (χ2n) is 7.77. The standard InChI is InChI=1S/C24H22N4O4S/c1-33(31)22-15-28(24-25-13-18(14-26-24)16-2-5-19(29)6-3-16)21-12-17(4-7-20(21)22)23(30)27-8-10-32-11-9-27/h2-7,12-15,29H,8-11H2,1H3. The highest BCUT2D eigenvalue weighted by Crippen LogP contribution is 2.28. The van der Waals surface area contributed by atoms with E-state index in [1.807, 2.05) is 6.07 Å². The summed E-state index contributed by atoms with van der Waals surface area (Å²) in [5.41, 5.74) is 2.96. The second-order valence-corrected chi connectivity index (χ2v) is 9.12. The minimum atomic E-state index is -1.23. The fourth-order valence-electron chi connectivity index (χ4n) is 3.92. The highest BCUT2D eigenvalue weighted by Gasteiger charge is 2.21. The molecule has 8 nitrogen and oxygen atoms in total. The van der Waals surface area contributed by atoms with E-state index in [9.17, 15) is 14.1 Å². The number of rotatable bonds is 4. The Bertz CT molecular complexity index is 1340. The summed E-state index contributed by atoms with van der Waals surface area (Å²) < 4.78 is 19.5. The van der Waals surface area contributed by atoms with E-state index in [0.717, 1.165) is 22.0 Å². The van der Waals surface area contributed by atoms with Crippen molar-refractivity contribution >= 4 is 27.6 Å². The number of fused-ring (bicyclic) bond motifs is 1. The number of benzene rings is 2. The van der Waals surface area contributed by atoms with E-state index in [2.05, 4.69) is 9.97 Å². The first-order chi connectivity index (χ1) is 16.0. The fourth-order valence-corrected chi connectivity index (χ4v) is 4.66. The number of carbonyl (C=O) groups excluding carboxylic acids is 1. The van der Waals surface area contributed by atoms with Gasteiger partial charge in [0.2, 0.25) is 5.95 Å². The third-order valence-corrected chi connectivity index (χ3v) is 6.62. The van der Waals surface area contributed by atoms with Crippen molar-refractivity contribution in [1.82, 2.24) is 19.4 Å².